The number of benzene rings is 3. The Morgan fingerprint density at radius 1 is 0.949 bits per heavy atom. The van der Waals surface area contributed by atoms with Crippen LogP contribution in [-0.2, 0) is 16.8 Å². The molecule has 0 fully saturated rings. The summed E-state index contributed by atoms with van der Waals surface area (Å²) in [5.41, 5.74) is 6.38. The number of anilines is 1. The summed E-state index contributed by atoms with van der Waals surface area (Å²) in [5.74, 6) is -0.159. The van der Waals surface area contributed by atoms with Gasteiger partial charge in [0.15, 0.2) is 12.3 Å². The van der Waals surface area contributed by atoms with E-state index in [1.165, 1.54) is 0 Å². The molecule has 0 amide bonds. The molecule has 6 nitrogen and oxygen atoms in total. The third-order valence-corrected chi connectivity index (χ3v) is 7.92. The molecule has 0 saturated heterocycles. The molecule has 7 heteroatoms. The standard InChI is InChI=1S/C32H33BN2O4/c1-5-34(6-2)24-16-14-22(15-17-24)29-30(36)25(31(29)37)19-28-32(3,4)26-12-7-8-13-27(26)35(28)20-21-10-9-11-23(18-21)33(38)39/h7-19,38-39H,5-6,20H2,1-4H3/p+1. The van der Waals surface area contributed by atoms with E-state index in [9.17, 15) is 19.9 Å². The van der Waals surface area contributed by atoms with Crippen LogP contribution in [0, 0.1) is 0 Å². The zero-order chi connectivity index (χ0) is 27.9. The van der Waals surface area contributed by atoms with Gasteiger partial charge in [-0.1, -0.05) is 54.6 Å². The Bertz CT molecular complexity index is 1530. The molecule has 3 aromatic rings. The van der Waals surface area contributed by atoms with Crippen molar-refractivity contribution in [3.8, 4) is 0 Å². The lowest BCUT2D eigenvalue weighted by atomic mass is 9.77. The van der Waals surface area contributed by atoms with Gasteiger partial charge in [0.2, 0.25) is 11.5 Å². The second kappa shape index (κ2) is 10.3. The minimum atomic E-state index is -1.55. The van der Waals surface area contributed by atoms with E-state index in [1.807, 2.05) is 48.5 Å². The summed E-state index contributed by atoms with van der Waals surface area (Å²) in [5, 5.41) is 30.4. The van der Waals surface area contributed by atoms with Crippen molar-refractivity contribution < 1.29 is 24.5 Å². The van der Waals surface area contributed by atoms with Crippen molar-refractivity contribution in [3.05, 3.63) is 107 Å². The molecule has 0 saturated carbocycles. The van der Waals surface area contributed by atoms with Gasteiger partial charge < -0.3 is 20.1 Å². The molecule has 1 aliphatic heterocycles. The predicted molar refractivity (Wildman–Crippen MR) is 157 cm³/mol. The first-order chi connectivity index (χ1) is 18.7. The van der Waals surface area contributed by atoms with E-state index in [1.54, 1.807) is 18.2 Å². The first-order valence-corrected chi connectivity index (χ1v) is 13.4. The number of aliphatic hydroxyl groups excluding tert-OH is 1. The van der Waals surface area contributed by atoms with Crippen LogP contribution in [0.15, 0.2) is 90.2 Å². The topological polar surface area (TPSA) is 84.0 Å². The quantitative estimate of drug-likeness (QED) is 0.234. The van der Waals surface area contributed by atoms with E-state index in [2.05, 4.69) is 49.3 Å². The molecule has 0 aromatic heterocycles. The van der Waals surface area contributed by atoms with Gasteiger partial charge >= 0.3 is 7.12 Å². The van der Waals surface area contributed by atoms with Gasteiger partial charge in [0.25, 0.3) is 0 Å². The Morgan fingerprint density at radius 3 is 2.28 bits per heavy atom. The van der Waals surface area contributed by atoms with Crippen LogP contribution in [0.5, 0.6) is 0 Å². The van der Waals surface area contributed by atoms with E-state index in [0.717, 1.165) is 41.3 Å². The number of rotatable bonds is 8. The summed E-state index contributed by atoms with van der Waals surface area (Å²) in [7, 11) is -1.55. The number of carbonyl (C=O) groups is 1. The van der Waals surface area contributed by atoms with Crippen molar-refractivity contribution in [2.24, 2.45) is 0 Å². The molecule has 5 rings (SSSR count). The summed E-state index contributed by atoms with van der Waals surface area (Å²) in [4.78, 5) is 15.6. The Hall–Kier alpha value is -3.94. The predicted octanol–water partition coefficient (Wildman–Crippen LogP) is 4.27. The van der Waals surface area contributed by atoms with Crippen molar-refractivity contribution in [1.29, 1.82) is 0 Å². The molecule has 3 aromatic carbocycles. The van der Waals surface area contributed by atoms with Crippen molar-refractivity contribution in [3.63, 3.8) is 0 Å². The van der Waals surface area contributed by atoms with Crippen LogP contribution in [0.25, 0.3) is 5.57 Å². The Balaban J connectivity index is 1.56. The van der Waals surface area contributed by atoms with Gasteiger partial charge in [-0.2, -0.15) is 4.58 Å². The average molecular weight is 521 g/mol. The molecule has 1 aliphatic carbocycles. The highest BCUT2D eigenvalue weighted by Gasteiger charge is 2.46. The number of aliphatic hydroxyl groups is 1. The minimum absolute atomic E-state index is 0.0141. The Morgan fingerprint density at radius 2 is 1.64 bits per heavy atom. The monoisotopic (exact) mass is 521 g/mol. The van der Waals surface area contributed by atoms with E-state index < -0.39 is 12.5 Å². The minimum Gasteiger partial charge on any atom is -0.506 e. The number of hydrogen-bond donors (Lipinski definition) is 3. The van der Waals surface area contributed by atoms with Gasteiger partial charge in [0.1, 0.15) is 5.76 Å². The van der Waals surface area contributed by atoms with Crippen LogP contribution in [0.1, 0.15) is 44.4 Å². The van der Waals surface area contributed by atoms with Gasteiger partial charge in [-0.15, -0.1) is 0 Å². The number of allylic oxidation sites excluding steroid dienone is 3. The molecular formula is C32H34BN2O4+. The normalized spacial score (nSPS) is 17.0. The molecule has 0 unspecified atom stereocenters. The molecular weight excluding hydrogens is 487 g/mol. The molecule has 0 atom stereocenters. The molecule has 3 N–H and O–H groups in total. The van der Waals surface area contributed by atoms with Crippen LogP contribution < -0.4 is 10.4 Å². The summed E-state index contributed by atoms with van der Waals surface area (Å²) in [6.07, 6.45) is 1.82. The average Bonchev–Trinajstić information content (AvgIpc) is 3.14. The van der Waals surface area contributed by atoms with Crippen LogP contribution in [0.2, 0.25) is 0 Å². The number of fused-ring (bicyclic) bond motifs is 1. The van der Waals surface area contributed by atoms with Crippen molar-refractivity contribution in [1.82, 2.24) is 0 Å². The first-order valence-electron chi connectivity index (χ1n) is 13.4. The van der Waals surface area contributed by atoms with Gasteiger partial charge in [-0.25, -0.2) is 0 Å². The van der Waals surface area contributed by atoms with Gasteiger partial charge in [-0.05, 0) is 50.9 Å². The first kappa shape index (κ1) is 26.7. The summed E-state index contributed by atoms with van der Waals surface area (Å²) >= 11 is 0. The molecule has 198 valence electrons. The zero-order valence-electron chi connectivity index (χ0n) is 22.8. The third-order valence-electron chi connectivity index (χ3n) is 7.92. The van der Waals surface area contributed by atoms with E-state index in [4.69, 9.17) is 0 Å². The van der Waals surface area contributed by atoms with E-state index in [0.29, 0.717) is 28.7 Å². The smallest absolute Gasteiger partial charge is 0.488 e. The number of para-hydroxylation sites is 1. The maximum Gasteiger partial charge on any atom is 0.488 e. The fourth-order valence-electron chi connectivity index (χ4n) is 5.69. The molecule has 0 radical (unpaired) electrons. The molecule has 39 heavy (non-hydrogen) atoms. The lowest BCUT2D eigenvalue weighted by Gasteiger charge is -2.24. The van der Waals surface area contributed by atoms with Crippen LogP contribution in [-0.4, -0.2) is 51.4 Å². The van der Waals surface area contributed by atoms with E-state index in [-0.39, 0.29) is 11.5 Å². The maximum atomic E-state index is 13.4. The van der Waals surface area contributed by atoms with Crippen molar-refractivity contribution in [2.45, 2.75) is 39.7 Å². The number of ketones is 1. The fourth-order valence-corrected chi connectivity index (χ4v) is 5.69. The number of nitrogens with zero attached hydrogens (tertiary/aromatic N) is 2. The summed E-state index contributed by atoms with van der Waals surface area (Å²) in [6.45, 7) is 10.7. The largest absolute Gasteiger partial charge is 0.506 e. The lowest BCUT2D eigenvalue weighted by molar-refractivity contribution is -0.455. The molecule has 2 aliphatic rings. The van der Waals surface area contributed by atoms with Gasteiger partial charge in [0, 0.05) is 42.0 Å². The summed E-state index contributed by atoms with van der Waals surface area (Å²) in [6, 6.07) is 23.1. The number of Topliss-reactive ketones (excluding diaryl/α,β-unsaturated/α-hetero) is 1. The maximum absolute atomic E-state index is 13.4. The Labute approximate surface area is 230 Å². The van der Waals surface area contributed by atoms with Crippen molar-refractivity contribution >= 4 is 41.0 Å². The van der Waals surface area contributed by atoms with Crippen LogP contribution >= 0.6 is 0 Å². The van der Waals surface area contributed by atoms with Crippen LogP contribution in [0.3, 0.4) is 0 Å². The summed E-state index contributed by atoms with van der Waals surface area (Å²) < 4.78 is 2.14. The van der Waals surface area contributed by atoms with Crippen molar-refractivity contribution in [2.75, 3.05) is 18.0 Å². The highest BCUT2D eigenvalue weighted by atomic mass is 16.4. The zero-order valence-corrected chi connectivity index (χ0v) is 22.8. The highest BCUT2D eigenvalue weighted by molar-refractivity contribution is 6.58. The molecule has 1 heterocycles. The second-order valence-corrected chi connectivity index (χ2v) is 10.6. The van der Waals surface area contributed by atoms with Gasteiger partial charge in [0.05, 0.1) is 16.6 Å². The Kier molecular flexibility index (Phi) is 7.06. The second-order valence-electron chi connectivity index (χ2n) is 10.6. The lowest BCUT2D eigenvalue weighted by Crippen LogP contribution is -2.31. The molecule has 0 spiro atoms. The number of hydrogen-bond acceptors (Lipinski definition) is 5. The number of carbonyl (C=O) groups excluding carboxylic acids is 1. The van der Waals surface area contributed by atoms with Gasteiger partial charge in [-0.3, -0.25) is 4.79 Å². The third kappa shape index (κ3) is 4.62. The van der Waals surface area contributed by atoms with E-state index >= 15 is 0 Å². The fraction of sp³-hybridized carbons (Fsp3) is 0.250. The van der Waals surface area contributed by atoms with Crippen LogP contribution in [0.4, 0.5) is 11.4 Å². The highest BCUT2D eigenvalue weighted by Crippen LogP contribution is 2.43. The SMILES string of the molecule is CCN(CC)c1ccc(C2=C(O)/C(=C\C3=[N+](Cc4cccc(B(O)O)c4)c4ccccc4C3(C)C)C2=O)cc1. The molecule has 0 bridgehead atoms.